The number of benzene rings is 2. The zero-order chi connectivity index (χ0) is 20.5. The summed E-state index contributed by atoms with van der Waals surface area (Å²) in [5.41, 5.74) is 2.93. The van der Waals surface area contributed by atoms with E-state index in [2.05, 4.69) is 9.88 Å². The van der Waals surface area contributed by atoms with Crippen molar-refractivity contribution in [3.8, 4) is 17.2 Å². The maximum absolute atomic E-state index is 6.41. The van der Waals surface area contributed by atoms with Crippen LogP contribution in [-0.4, -0.2) is 23.0 Å². The smallest absolute Gasteiger partial charge is 0.226 e. The Bertz CT molecular complexity index is 874. The molecule has 1 aliphatic heterocycles. The summed E-state index contributed by atoms with van der Waals surface area (Å²) < 4.78 is 11.5. The van der Waals surface area contributed by atoms with Gasteiger partial charge in [0.25, 0.3) is 0 Å². The molecule has 0 N–H and O–H groups in total. The fraction of sp³-hybridized carbons (Fsp3) is 0.400. The molecule has 4 rings (SSSR count). The highest BCUT2D eigenvalue weighted by Gasteiger charge is 2.14. The van der Waals surface area contributed by atoms with Gasteiger partial charge in [0.15, 0.2) is 0 Å². The van der Waals surface area contributed by atoms with E-state index in [1.54, 1.807) is 6.26 Å². The third-order valence-corrected chi connectivity index (χ3v) is 5.10. The van der Waals surface area contributed by atoms with Crippen molar-refractivity contribution in [2.45, 2.75) is 53.7 Å². The number of halogens is 1. The molecule has 0 radical (unpaired) electrons. The van der Waals surface area contributed by atoms with Gasteiger partial charge in [0.05, 0.1) is 10.7 Å². The van der Waals surface area contributed by atoms with Gasteiger partial charge < -0.3 is 9.15 Å². The van der Waals surface area contributed by atoms with Gasteiger partial charge in [-0.3, -0.25) is 4.90 Å². The van der Waals surface area contributed by atoms with E-state index in [-0.39, 0.29) is 7.43 Å². The van der Waals surface area contributed by atoms with Crippen molar-refractivity contribution in [1.82, 2.24) is 9.88 Å². The van der Waals surface area contributed by atoms with Gasteiger partial charge in [-0.1, -0.05) is 69.6 Å². The van der Waals surface area contributed by atoms with Gasteiger partial charge in [0.1, 0.15) is 18.6 Å². The summed E-state index contributed by atoms with van der Waals surface area (Å²) >= 11 is 6.41. The second-order valence-corrected chi connectivity index (χ2v) is 7.31. The Hall–Kier alpha value is -2.30. The van der Waals surface area contributed by atoms with Crippen molar-refractivity contribution in [2.24, 2.45) is 0 Å². The van der Waals surface area contributed by atoms with Crippen LogP contribution in [-0.2, 0) is 13.2 Å². The maximum Gasteiger partial charge on any atom is 0.226 e. The van der Waals surface area contributed by atoms with Crippen LogP contribution in [0.3, 0.4) is 0 Å². The average molecular weight is 429 g/mol. The topological polar surface area (TPSA) is 38.5 Å². The Balaban J connectivity index is 0.00000104. The first kappa shape index (κ1) is 24.0. The molecule has 162 valence electrons. The molecule has 0 unspecified atom stereocenters. The number of likely N-dealkylation sites (tertiary alicyclic amines) is 1. The predicted octanol–water partition coefficient (Wildman–Crippen LogP) is 7.22. The molecule has 4 nitrogen and oxygen atoms in total. The highest BCUT2D eigenvalue weighted by atomic mass is 35.5. The van der Waals surface area contributed by atoms with Gasteiger partial charge in [0.2, 0.25) is 5.89 Å². The van der Waals surface area contributed by atoms with Crippen LogP contribution in [0.15, 0.2) is 59.2 Å². The summed E-state index contributed by atoms with van der Waals surface area (Å²) in [6.45, 7) is 7.61. The Morgan fingerprint density at radius 2 is 1.77 bits per heavy atom. The van der Waals surface area contributed by atoms with Gasteiger partial charge in [-0.25, -0.2) is 4.98 Å². The molecule has 30 heavy (non-hydrogen) atoms. The van der Waals surface area contributed by atoms with Gasteiger partial charge in [-0.2, -0.15) is 0 Å². The number of nitrogens with zero attached hydrogens (tertiary/aromatic N) is 2. The van der Waals surface area contributed by atoms with Gasteiger partial charge in [-0.15, -0.1) is 0 Å². The number of hydrogen-bond donors (Lipinski definition) is 0. The standard InChI is InChI=1S/C22H23ClN2O2.C2H6.CH4/c23-20-13-18(9-10-21(20)26-15-17-7-3-1-4-8-17)22-24-19(16-27-22)14-25-11-5-2-6-12-25;1-2;/h1,3-4,7-10,13,16H,2,5-6,11-12,14-15H2;1-2H3;1H4. The monoisotopic (exact) mass is 428 g/mol. The van der Waals surface area contributed by atoms with Gasteiger partial charge in [-0.05, 0) is 49.7 Å². The first-order valence-corrected chi connectivity index (χ1v) is 10.8. The van der Waals surface area contributed by atoms with Crippen molar-refractivity contribution in [3.63, 3.8) is 0 Å². The van der Waals surface area contributed by atoms with Crippen LogP contribution in [0.5, 0.6) is 5.75 Å². The number of hydrogen-bond acceptors (Lipinski definition) is 4. The lowest BCUT2D eigenvalue weighted by Gasteiger charge is -2.25. The second-order valence-electron chi connectivity index (χ2n) is 6.90. The van der Waals surface area contributed by atoms with Crippen LogP contribution in [0.25, 0.3) is 11.5 Å². The van der Waals surface area contributed by atoms with Crippen LogP contribution in [0.2, 0.25) is 5.02 Å². The van der Waals surface area contributed by atoms with Gasteiger partial charge >= 0.3 is 0 Å². The maximum atomic E-state index is 6.41. The third kappa shape index (κ3) is 6.61. The fourth-order valence-electron chi connectivity index (χ4n) is 3.35. The molecular weight excluding hydrogens is 396 g/mol. The van der Waals surface area contributed by atoms with Crippen LogP contribution in [0.1, 0.15) is 51.8 Å². The van der Waals surface area contributed by atoms with E-state index in [4.69, 9.17) is 20.8 Å². The molecule has 0 spiro atoms. The molecule has 5 heteroatoms. The van der Waals surface area contributed by atoms with Crippen molar-refractivity contribution in [3.05, 3.63) is 71.1 Å². The second kappa shape index (κ2) is 12.4. The Morgan fingerprint density at radius 1 is 1.03 bits per heavy atom. The number of aromatic nitrogens is 1. The van der Waals surface area contributed by atoms with E-state index in [0.717, 1.165) is 36.5 Å². The summed E-state index contributed by atoms with van der Waals surface area (Å²) in [7, 11) is 0. The summed E-state index contributed by atoms with van der Waals surface area (Å²) in [4.78, 5) is 7.06. The lowest BCUT2D eigenvalue weighted by Crippen LogP contribution is -2.29. The van der Waals surface area contributed by atoms with Crippen LogP contribution in [0, 0.1) is 0 Å². The van der Waals surface area contributed by atoms with E-state index < -0.39 is 0 Å². The molecule has 0 amide bonds. The Morgan fingerprint density at radius 3 is 2.47 bits per heavy atom. The van der Waals surface area contributed by atoms with Crippen molar-refractivity contribution >= 4 is 11.6 Å². The Labute approximate surface area is 185 Å². The molecule has 0 atom stereocenters. The van der Waals surface area contributed by atoms with E-state index in [1.807, 2.05) is 62.4 Å². The van der Waals surface area contributed by atoms with Crippen LogP contribution >= 0.6 is 11.6 Å². The number of ether oxygens (including phenoxy) is 1. The minimum atomic E-state index is 0. The molecule has 1 fully saturated rings. The van der Waals surface area contributed by atoms with Crippen LogP contribution < -0.4 is 4.74 Å². The van der Waals surface area contributed by atoms with Crippen molar-refractivity contribution in [2.75, 3.05) is 13.1 Å². The molecule has 2 aromatic carbocycles. The Kier molecular flexibility index (Phi) is 9.92. The molecular formula is C25H33ClN2O2. The molecule has 0 bridgehead atoms. The predicted molar refractivity (Wildman–Crippen MR) is 125 cm³/mol. The molecule has 1 aliphatic rings. The number of oxazole rings is 1. The highest BCUT2D eigenvalue weighted by Crippen LogP contribution is 2.31. The zero-order valence-corrected chi connectivity index (χ0v) is 18.0. The minimum Gasteiger partial charge on any atom is -0.487 e. The average Bonchev–Trinajstić information content (AvgIpc) is 3.24. The first-order chi connectivity index (χ1) is 14.3. The molecule has 0 aliphatic carbocycles. The zero-order valence-electron chi connectivity index (χ0n) is 17.2. The largest absolute Gasteiger partial charge is 0.487 e. The molecule has 0 saturated carbocycles. The number of rotatable bonds is 6. The fourth-order valence-corrected chi connectivity index (χ4v) is 3.58. The van der Waals surface area contributed by atoms with E-state index in [9.17, 15) is 0 Å². The molecule has 1 aromatic heterocycles. The minimum absolute atomic E-state index is 0. The first-order valence-electron chi connectivity index (χ1n) is 10.4. The summed E-state index contributed by atoms with van der Waals surface area (Å²) in [5.74, 6) is 1.25. The van der Waals surface area contributed by atoms with Crippen LogP contribution in [0.4, 0.5) is 0 Å². The normalized spacial score (nSPS) is 13.7. The number of piperidine rings is 1. The van der Waals surface area contributed by atoms with E-state index in [1.165, 1.54) is 19.3 Å². The lowest BCUT2D eigenvalue weighted by molar-refractivity contribution is 0.218. The van der Waals surface area contributed by atoms with E-state index in [0.29, 0.717) is 23.3 Å². The molecule has 3 aromatic rings. The van der Waals surface area contributed by atoms with Gasteiger partial charge in [0, 0.05) is 12.1 Å². The quantitative estimate of drug-likeness (QED) is 0.415. The van der Waals surface area contributed by atoms with E-state index >= 15 is 0 Å². The molecule has 1 saturated heterocycles. The summed E-state index contributed by atoms with van der Waals surface area (Å²) in [5, 5.41) is 0.555. The summed E-state index contributed by atoms with van der Waals surface area (Å²) in [6.07, 6.45) is 5.62. The summed E-state index contributed by atoms with van der Waals surface area (Å²) in [6, 6.07) is 15.7. The highest BCUT2D eigenvalue weighted by molar-refractivity contribution is 6.32. The van der Waals surface area contributed by atoms with Crippen molar-refractivity contribution < 1.29 is 9.15 Å². The molecule has 2 heterocycles. The lowest BCUT2D eigenvalue weighted by atomic mass is 10.1. The van der Waals surface area contributed by atoms with Crippen molar-refractivity contribution in [1.29, 1.82) is 0 Å². The SMILES string of the molecule is C.CC.Clc1cc(-c2nc(CN3CCCCC3)co2)ccc1OCc1ccccc1. The third-order valence-electron chi connectivity index (χ3n) is 4.80.